The fraction of sp³-hybridized carbons (Fsp3) is 0.125. The van der Waals surface area contributed by atoms with Crippen LogP contribution in [-0.4, -0.2) is 11.3 Å². The van der Waals surface area contributed by atoms with Crippen molar-refractivity contribution < 1.29 is 18.3 Å². The van der Waals surface area contributed by atoms with Gasteiger partial charge >= 0.3 is 6.18 Å². The van der Waals surface area contributed by atoms with Gasteiger partial charge in [-0.1, -0.05) is 67.2 Å². The van der Waals surface area contributed by atoms with E-state index in [1.54, 1.807) is 24.3 Å². The second-order valence-electron chi connectivity index (χ2n) is 4.42. The fourth-order valence-corrected chi connectivity index (χ4v) is 2.04. The van der Waals surface area contributed by atoms with E-state index in [2.05, 4.69) is 6.58 Å². The lowest BCUT2D eigenvalue weighted by Gasteiger charge is -2.33. The van der Waals surface area contributed by atoms with E-state index in [-0.39, 0.29) is 11.1 Å². The van der Waals surface area contributed by atoms with E-state index in [4.69, 9.17) is 0 Å². The van der Waals surface area contributed by atoms with Gasteiger partial charge in [0.25, 0.3) is 0 Å². The lowest BCUT2D eigenvalue weighted by atomic mass is 9.82. The fourth-order valence-electron chi connectivity index (χ4n) is 2.04. The lowest BCUT2D eigenvalue weighted by molar-refractivity contribution is -0.240. The Bertz CT molecular complexity index is 590. The Morgan fingerprint density at radius 3 is 1.75 bits per heavy atom. The standard InChI is InChI=1S/C16H13F3O/c1-12(13-8-4-2-5-9-13)15(20,16(17,18)19)14-10-6-3-7-11-14/h2-11,20H,1H2. The summed E-state index contributed by atoms with van der Waals surface area (Å²) in [6.45, 7) is 3.47. The highest BCUT2D eigenvalue weighted by atomic mass is 19.4. The summed E-state index contributed by atoms with van der Waals surface area (Å²) in [5, 5.41) is 10.3. The molecule has 0 fully saturated rings. The second-order valence-corrected chi connectivity index (χ2v) is 4.42. The Morgan fingerprint density at radius 2 is 1.30 bits per heavy atom. The number of hydrogen-bond donors (Lipinski definition) is 1. The molecule has 1 nitrogen and oxygen atoms in total. The van der Waals surface area contributed by atoms with Crippen LogP contribution in [0.4, 0.5) is 13.2 Å². The molecule has 0 aliphatic heterocycles. The van der Waals surface area contributed by atoms with Crippen LogP contribution in [0.1, 0.15) is 11.1 Å². The molecular formula is C16H13F3O. The molecule has 1 N–H and O–H groups in total. The minimum absolute atomic E-state index is 0.246. The number of rotatable bonds is 3. The normalized spacial score (nSPS) is 14.6. The van der Waals surface area contributed by atoms with Crippen LogP contribution in [0.15, 0.2) is 67.2 Å². The minimum atomic E-state index is -4.86. The van der Waals surface area contributed by atoms with Crippen LogP contribution < -0.4 is 0 Å². The average Bonchev–Trinajstić information content (AvgIpc) is 2.46. The molecule has 0 radical (unpaired) electrons. The molecule has 0 saturated heterocycles. The zero-order chi connectivity index (χ0) is 14.8. The number of benzene rings is 2. The van der Waals surface area contributed by atoms with Crippen molar-refractivity contribution in [3.8, 4) is 0 Å². The zero-order valence-corrected chi connectivity index (χ0v) is 10.6. The van der Waals surface area contributed by atoms with Gasteiger partial charge in [0, 0.05) is 0 Å². The van der Waals surface area contributed by atoms with Gasteiger partial charge in [-0.05, 0) is 16.7 Å². The number of aliphatic hydroxyl groups is 1. The predicted octanol–water partition coefficient (Wildman–Crippen LogP) is 4.15. The monoisotopic (exact) mass is 278 g/mol. The van der Waals surface area contributed by atoms with Crippen molar-refractivity contribution in [3.05, 3.63) is 78.4 Å². The van der Waals surface area contributed by atoms with E-state index < -0.39 is 17.4 Å². The zero-order valence-electron chi connectivity index (χ0n) is 10.6. The molecule has 2 aromatic carbocycles. The maximum absolute atomic E-state index is 13.4. The van der Waals surface area contributed by atoms with Crippen LogP contribution in [0, 0.1) is 0 Å². The van der Waals surface area contributed by atoms with Gasteiger partial charge in [-0.25, -0.2) is 0 Å². The van der Waals surface area contributed by atoms with E-state index in [1.807, 2.05) is 0 Å². The molecule has 0 spiro atoms. The summed E-state index contributed by atoms with van der Waals surface area (Å²) in [4.78, 5) is 0. The lowest BCUT2D eigenvalue weighted by Crippen LogP contribution is -2.43. The molecule has 0 bridgehead atoms. The molecule has 1 unspecified atom stereocenters. The summed E-state index contributed by atoms with van der Waals surface area (Å²) in [5.74, 6) is 0. The highest BCUT2D eigenvalue weighted by molar-refractivity contribution is 5.72. The molecule has 104 valence electrons. The molecule has 0 aliphatic rings. The molecule has 4 heteroatoms. The summed E-state index contributed by atoms with van der Waals surface area (Å²) in [6.07, 6.45) is -4.86. The summed E-state index contributed by atoms with van der Waals surface area (Å²) >= 11 is 0. The SMILES string of the molecule is C=C(c1ccccc1)C(O)(c1ccccc1)C(F)(F)F. The average molecular weight is 278 g/mol. The Labute approximate surface area is 115 Å². The van der Waals surface area contributed by atoms with Crippen molar-refractivity contribution >= 4 is 5.57 Å². The van der Waals surface area contributed by atoms with Crippen LogP contribution in [0.25, 0.3) is 5.57 Å². The van der Waals surface area contributed by atoms with Gasteiger partial charge < -0.3 is 5.11 Å². The molecule has 0 aromatic heterocycles. The van der Waals surface area contributed by atoms with Gasteiger partial charge in [0.2, 0.25) is 5.60 Å². The molecule has 20 heavy (non-hydrogen) atoms. The molecule has 0 amide bonds. The topological polar surface area (TPSA) is 20.2 Å². The van der Waals surface area contributed by atoms with Crippen molar-refractivity contribution in [2.75, 3.05) is 0 Å². The maximum Gasteiger partial charge on any atom is 0.425 e. The van der Waals surface area contributed by atoms with Crippen LogP contribution >= 0.6 is 0 Å². The van der Waals surface area contributed by atoms with Gasteiger partial charge in [0.15, 0.2) is 0 Å². The number of halogens is 3. The Balaban J connectivity index is 2.58. The first-order chi connectivity index (χ1) is 9.37. The molecule has 1 atom stereocenters. The van der Waals surface area contributed by atoms with Crippen molar-refractivity contribution in [2.24, 2.45) is 0 Å². The second kappa shape index (κ2) is 5.13. The Kier molecular flexibility index (Phi) is 3.68. The largest absolute Gasteiger partial charge is 0.425 e. The third-order valence-electron chi connectivity index (χ3n) is 3.16. The molecular weight excluding hydrogens is 265 g/mol. The number of hydrogen-bond acceptors (Lipinski definition) is 1. The first kappa shape index (κ1) is 14.3. The summed E-state index contributed by atoms with van der Waals surface area (Å²) in [7, 11) is 0. The third-order valence-corrected chi connectivity index (χ3v) is 3.16. The Hall–Kier alpha value is -2.07. The predicted molar refractivity (Wildman–Crippen MR) is 71.9 cm³/mol. The van der Waals surface area contributed by atoms with Crippen molar-refractivity contribution in [2.45, 2.75) is 11.8 Å². The van der Waals surface area contributed by atoms with E-state index in [9.17, 15) is 18.3 Å². The first-order valence-corrected chi connectivity index (χ1v) is 5.97. The minimum Gasteiger partial charge on any atom is -0.372 e. The van der Waals surface area contributed by atoms with Crippen LogP contribution in [0.3, 0.4) is 0 Å². The molecule has 0 heterocycles. The smallest absolute Gasteiger partial charge is 0.372 e. The summed E-state index contributed by atoms with van der Waals surface area (Å²) in [6, 6.07) is 14.8. The van der Waals surface area contributed by atoms with Crippen molar-refractivity contribution in [1.29, 1.82) is 0 Å². The molecule has 2 aromatic rings. The van der Waals surface area contributed by atoms with Crippen LogP contribution in [-0.2, 0) is 5.60 Å². The van der Waals surface area contributed by atoms with E-state index >= 15 is 0 Å². The molecule has 2 rings (SSSR count). The quantitative estimate of drug-likeness (QED) is 0.894. The first-order valence-electron chi connectivity index (χ1n) is 5.97. The summed E-state index contributed by atoms with van der Waals surface area (Å²) < 4.78 is 40.2. The van der Waals surface area contributed by atoms with Crippen LogP contribution in [0.5, 0.6) is 0 Å². The van der Waals surface area contributed by atoms with Crippen molar-refractivity contribution in [1.82, 2.24) is 0 Å². The third kappa shape index (κ3) is 2.34. The van der Waals surface area contributed by atoms with Gasteiger partial charge in [-0.2, -0.15) is 13.2 Å². The van der Waals surface area contributed by atoms with E-state index in [0.717, 1.165) is 0 Å². The number of alkyl halides is 3. The van der Waals surface area contributed by atoms with Gasteiger partial charge in [0.1, 0.15) is 0 Å². The summed E-state index contributed by atoms with van der Waals surface area (Å²) in [5.41, 5.74) is -3.50. The van der Waals surface area contributed by atoms with Crippen molar-refractivity contribution in [3.63, 3.8) is 0 Å². The van der Waals surface area contributed by atoms with Gasteiger partial charge in [-0.3, -0.25) is 0 Å². The maximum atomic E-state index is 13.4. The van der Waals surface area contributed by atoms with Gasteiger partial charge in [-0.15, -0.1) is 0 Å². The Morgan fingerprint density at radius 1 is 0.850 bits per heavy atom. The van der Waals surface area contributed by atoms with Crippen LogP contribution in [0.2, 0.25) is 0 Å². The highest BCUT2D eigenvalue weighted by Crippen LogP contribution is 2.47. The molecule has 0 saturated carbocycles. The molecule has 0 aliphatic carbocycles. The van der Waals surface area contributed by atoms with Gasteiger partial charge in [0.05, 0.1) is 0 Å². The van der Waals surface area contributed by atoms with E-state index in [0.29, 0.717) is 0 Å². The highest BCUT2D eigenvalue weighted by Gasteiger charge is 2.57. The van der Waals surface area contributed by atoms with E-state index in [1.165, 1.54) is 36.4 Å².